The lowest BCUT2D eigenvalue weighted by atomic mass is 10.1. The van der Waals surface area contributed by atoms with Crippen molar-refractivity contribution in [3.63, 3.8) is 0 Å². The third kappa shape index (κ3) is 2.02. The lowest BCUT2D eigenvalue weighted by Crippen LogP contribution is -2.07. The molecule has 3 nitrogen and oxygen atoms in total. The molecule has 0 radical (unpaired) electrons. The Bertz CT molecular complexity index is 358. The number of nitrogens with one attached hydrogen (secondary N) is 1. The number of fused-ring (bicyclic) bond motifs is 1. The first kappa shape index (κ1) is 10.6. The molecule has 0 bridgehead atoms. The van der Waals surface area contributed by atoms with Gasteiger partial charge >= 0.3 is 0 Å². The zero-order chi connectivity index (χ0) is 10.8. The standard InChI is InChI=1S/C12H19N3/c1-4-5-10-9-6-13-7-11(9)15-12(14-10)8(2)3/h8,13H,4-7H2,1-3H3. The van der Waals surface area contributed by atoms with Gasteiger partial charge in [-0.05, 0) is 6.42 Å². The van der Waals surface area contributed by atoms with E-state index in [1.165, 1.54) is 17.0 Å². The normalized spacial score (nSPS) is 14.7. The number of aryl methyl sites for hydroxylation is 1. The van der Waals surface area contributed by atoms with Crippen LogP contribution in [0.1, 0.15) is 55.9 Å². The van der Waals surface area contributed by atoms with Crippen LogP contribution in [0.3, 0.4) is 0 Å². The number of rotatable bonds is 3. The third-order valence-electron chi connectivity index (χ3n) is 2.79. The van der Waals surface area contributed by atoms with Crippen LogP contribution in [0.4, 0.5) is 0 Å². The fourth-order valence-electron chi connectivity index (χ4n) is 1.96. The topological polar surface area (TPSA) is 37.8 Å². The SMILES string of the molecule is CCCc1nc(C(C)C)nc2c1CNC2. The van der Waals surface area contributed by atoms with Crippen molar-refractivity contribution in [3.05, 3.63) is 22.8 Å². The molecular weight excluding hydrogens is 186 g/mol. The van der Waals surface area contributed by atoms with E-state index in [0.717, 1.165) is 31.8 Å². The van der Waals surface area contributed by atoms with E-state index in [1.807, 2.05) is 0 Å². The van der Waals surface area contributed by atoms with E-state index in [0.29, 0.717) is 5.92 Å². The van der Waals surface area contributed by atoms with Crippen LogP contribution in [-0.2, 0) is 19.5 Å². The van der Waals surface area contributed by atoms with Crippen molar-refractivity contribution in [2.75, 3.05) is 0 Å². The molecular formula is C12H19N3. The van der Waals surface area contributed by atoms with E-state index in [-0.39, 0.29) is 0 Å². The van der Waals surface area contributed by atoms with Crippen molar-refractivity contribution in [2.45, 2.75) is 52.6 Å². The maximum Gasteiger partial charge on any atom is 0.131 e. The smallest absolute Gasteiger partial charge is 0.131 e. The van der Waals surface area contributed by atoms with Crippen molar-refractivity contribution < 1.29 is 0 Å². The minimum atomic E-state index is 0.423. The molecule has 0 saturated carbocycles. The molecule has 1 aliphatic rings. The van der Waals surface area contributed by atoms with Crippen molar-refractivity contribution >= 4 is 0 Å². The van der Waals surface area contributed by atoms with Gasteiger partial charge in [-0.1, -0.05) is 27.2 Å². The molecule has 0 atom stereocenters. The van der Waals surface area contributed by atoms with Gasteiger partial charge in [0.25, 0.3) is 0 Å². The molecule has 1 aliphatic heterocycles. The molecule has 0 saturated heterocycles. The summed E-state index contributed by atoms with van der Waals surface area (Å²) in [5, 5.41) is 3.35. The van der Waals surface area contributed by atoms with Crippen molar-refractivity contribution in [1.29, 1.82) is 0 Å². The van der Waals surface area contributed by atoms with Gasteiger partial charge in [-0.25, -0.2) is 9.97 Å². The van der Waals surface area contributed by atoms with Crippen LogP contribution in [0.15, 0.2) is 0 Å². The van der Waals surface area contributed by atoms with Gasteiger partial charge in [0.1, 0.15) is 5.82 Å². The molecule has 0 aliphatic carbocycles. The van der Waals surface area contributed by atoms with Gasteiger partial charge in [0.05, 0.1) is 5.69 Å². The summed E-state index contributed by atoms with van der Waals surface area (Å²) >= 11 is 0. The lowest BCUT2D eigenvalue weighted by Gasteiger charge is -2.10. The number of nitrogens with zero attached hydrogens (tertiary/aromatic N) is 2. The highest BCUT2D eigenvalue weighted by Gasteiger charge is 2.18. The van der Waals surface area contributed by atoms with E-state index >= 15 is 0 Å². The Morgan fingerprint density at radius 2 is 2.07 bits per heavy atom. The molecule has 0 aromatic carbocycles. The average molecular weight is 205 g/mol. The maximum absolute atomic E-state index is 4.68. The molecule has 15 heavy (non-hydrogen) atoms. The Kier molecular flexibility index (Phi) is 3.00. The third-order valence-corrected chi connectivity index (χ3v) is 2.79. The summed E-state index contributed by atoms with van der Waals surface area (Å²) < 4.78 is 0. The van der Waals surface area contributed by atoms with Crippen LogP contribution in [0.25, 0.3) is 0 Å². The molecule has 2 rings (SSSR count). The van der Waals surface area contributed by atoms with Gasteiger partial charge in [-0.15, -0.1) is 0 Å². The maximum atomic E-state index is 4.68. The summed E-state index contributed by atoms with van der Waals surface area (Å²) in [5.41, 5.74) is 3.83. The van der Waals surface area contributed by atoms with Gasteiger partial charge in [0, 0.05) is 30.3 Å². The number of hydrogen-bond acceptors (Lipinski definition) is 3. The van der Waals surface area contributed by atoms with Crippen LogP contribution in [0.5, 0.6) is 0 Å². The molecule has 0 spiro atoms. The van der Waals surface area contributed by atoms with Crippen LogP contribution < -0.4 is 5.32 Å². The molecule has 0 unspecified atom stereocenters. The van der Waals surface area contributed by atoms with Crippen LogP contribution in [0.2, 0.25) is 0 Å². The minimum absolute atomic E-state index is 0.423. The first-order chi connectivity index (χ1) is 7.22. The Morgan fingerprint density at radius 1 is 1.27 bits per heavy atom. The monoisotopic (exact) mass is 205 g/mol. The molecule has 1 aromatic rings. The number of hydrogen-bond donors (Lipinski definition) is 1. The molecule has 0 fully saturated rings. The predicted octanol–water partition coefficient (Wildman–Crippen LogP) is 2.16. The van der Waals surface area contributed by atoms with Gasteiger partial charge in [-0.3, -0.25) is 0 Å². The second kappa shape index (κ2) is 4.27. The van der Waals surface area contributed by atoms with E-state index in [1.54, 1.807) is 0 Å². The van der Waals surface area contributed by atoms with E-state index in [4.69, 9.17) is 0 Å². The van der Waals surface area contributed by atoms with E-state index in [9.17, 15) is 0 Å². The summed E-state index contributed by atoms with van der Waals surface area (Å²) in [4.78, 5) is 9.30. The average Bonchev–Trinajstić information content (AvgIpc) is 2.65. The molecule has 1 N–H and O–H groups in total. The zero-order valence-electron chi connectivity index (χ0n) is 9.80. The highest BCUT2D eigenvalue weighted by Crippen LogP contribution is 2.21. The van der Waals surface area contributed by atoms with Crippen molar-refractivity contribution in [3.8, 4) is 0 Å². The first-order valence-electron chi connectivity index (χ1n) is 5.81. The van der Waals surface area contributed by atoms with Crippen molar-refractivity contribution in [2.24, 2.45) is 0 Å². The van der Waals surface area contributed by atoms with Crippen LogP contribution in [0, 0.1) is 0 Å². The lowest BCUT2D eigenvalue weighted by molar-refractivity contribution is 0.731. The van der Waals surface area contributed by atoms with Gasteiger partial charge in [-0.2, -0.15) is 0 Å². The quantitative estimate of drug-likeness (QED) is 0.821. The fraction of sp³-hybridized carbons (Fsp3) is 0.667. The van der Waals surface area contributed by atoms with E-state index < -0.39 is 0 Å². The van der Waals surface area contributed by atoms with E-state index in [2.05, 4.69) is 36.1 Å². The molecule has 3 heteroatoms. The highest BCUT2D eigenvalue weighted by molar-refractivity contribution is 5.30. The number of aromatic nitrogens is 2. The molecule has 2 heterocycles. The predicted molar refractivity (Wildman–Crippen MR) is 60.7 cm³/mol. The summed E-state index contributed by atoms with van der Waals surface area (Å²) in [5.74, 6) is 1.42. The Balaban J connectivity index is 2.43. The summed E-state index contributed by atoms with van der Waals surface area (Å²) in [6.45, 7) is 8.36. The summed E-state index contributed by atoms with van der Waals surface area (Å²) in [6, 6.07) is 0. The zero-order valence-corrected chi connectivity index (χ0v) is 9.80. The summed E-state index contributed by atoms with van der Waals surface area (Å²) in [6.07, 6.45) is 2.23. The highest BCUT2D eigenvalue weighted by atomic mass is 15.0. The minimum Gasteiger partial charge on any atom is -0.307 e. The van der Waals surface area contributed by atoms with Gasteiger partial charge < -0.3 is 5.32 Å². The Morgan fingerprint density at radius 3 is 2.73 bits per heavy atom. The van der Waals surface area contributed by atoms with Gasteiger partial charge in [0.2, 0.25) is 0 Å². The Labute approximate surface area is 91.3 Å². The van der Waals surface area contributed by atoms with Crippen molar-refractivity contribution in [1.82, 2.24) is 15.3 Å². The molecule has 0 amide bonds. The molecule has 82 valence electrons. The second-order valence-electron chi connectivity index (χ2n) is 4.46. The summed E-state index contributed by atoms with van der Waals surface area (Å²) in [7, 11) is 0. The molecule has 1 aromatic heterocycles. The van der Waals surface area contributed by atoms with Crippen LogP contribution >= 0.6 is 0 Å². The largest absolute Gasteiger partial charge is 0.307 e. The first-order valence-corrected chi connectivity index (χ1v) is 5.81. The van der Waals surface area contributed by atoms with Crippen LogP contribution in [-0.4, -0.2) is 9.97 Å². The second-order valence-corrected chi connectivity index (χ2v) is 4.46. The Hall–Kier alpha value is -0.960. The van der Waals surface area contributed by atoms with Gasteiger partial charge in [0.15, 0.2) is 0 Å². The fourth-order valence-corrected chi connectivity index (χ4v) is 1.96.